The molecule has 0 fully saturated rings. The fourth-order valence-electron chi connectivity index (χ4n) is 2.38. The molecule has 2 atom stereocenters. The number of thioether (sulfide) groups is 1. The van der Waals surface area contributed by atoms with Crippen LogP contribution in [-0.2, 0) is 17.6 Å². The molecule has 0 radical (unpaired) electrons. The van der Waals surface area contributed by atoms with Crippen LogP contribution in [0.5, 0.6) is 0 Å². The molecule has 0 aliphatic carbocycles. The Labute approximate surface area is 146 Å². The minimum absolute atomic E-state index is 0.0898. The van der Waals surface area contributed by atoms with Gasteiger partial charge in [0.15, 0.2) is 5.82 Å². The summed E-state index contributed by atoms with van der Waals surface area (Å²) < 4.78 is 1.70. The van der Waals surface area contributed by atoms with Gasteiger partial charge in [0.05, 0.1) is 11.9 Å². The summed E-state index contributed by atoms with van der Waals surface area (Å²) in [6, 6.07) is 9.53. The largest absolute Gasteiger partial charge is 0.394 e. The van der Waals surface area contributed by atoms with Gasteiger partial charge in [-0.2, -0.15) is 0 Å². The average molecular weight is 348 g/mol. The lowest BCUT2D eigenvalue weighted by atomic mass is 10.1. The van der Waals surface area contributed by atoms with E-state index in [2.05, 4.69) is 27.6 Å². The number of aliphatic hydroxyl groups is 1. The van der Waals surface area contributed by atoms with Crippen LogP contribution in [0.3, 0.4) is 0 Å². The van der Waals surface area contributed by atoms with Gasteiger partial charge in [0.1, 0.15) is 12.4 Å². The van der Waals surface area contributed by atoms with Gasteiger partial charge in [-0.25, -0.2) is 0 Å². The van der Waals surface area contributed by atoms with Crippen LogP contribution < -0.4 is 5.32 Å². The predicted octanol–water partition coefficient (Wildman–Crippen LogP) is 1.92. The van der Waals surface area contributed by atoms with Crippen LogP contribution in [-0.4, -0.2) is 37.6 Å². The van der Waals surface area contributed by atoms with Crippen molar-refractivity contribution >= 4 is 17.7 Å². The van der Waals surface area contributed by atoms with E-state index in [0.717, 1.165) is 5.75 Å². The summed E-state index contributed by atoms with van der Waals surface area (Å²) in [7, 11) is 1.79. The highest BCUT2D eigenvalue weighted by molar-refractivity contribution is 7.99. The van der Waals surface area contributed by atoms with Crippen molar-refractivity contribution in [2.75, 3.05) is 6.61 Å². The topological polar surface area (TPSA) is 80.0 Å². The van der Waals surface area contributed by atoms with Gasteiger partial charge in [-0.15, -0.1) is 22.0 Å². The molecule has 0 spiro atoms. The van der Waals surface area contributed by atoms with Crippen molar-refractivity contribution in [2.24, 2.45) is 13.0 Å². The van der Waals surface area contributed by atoms with Crippen LogP contribution in [0.4, 0.5) is 0 Å². The second-order valence-corrected chi connectivity index (χ2v) is 7.13. The zero-order valence-corrected chi connectivity index (χ0v) is 15.0. The molecule has 0 saturated heterocycles. The summed E-state index contributed by atoms with van der Waals surface area (Å²) in [5.41, 5.74) is 1.19. The summed E-state index contributed by atoms with van der Waals surface area (Å²) in [6.45, 7) is 3.84. The molecule has 2 N–H and O–H groups in total. The van der Waals surface area contributed by atoms with E-state index < -0.39 is 6.04 Å². The molecule has 130 valence electrons. The van der Waals surface area contributed by atoms with E-state index in [0.29, 0.717) is 5.82 Å². The van der Waals surface area contributed by atoms with Gasteiger partial charge in [0.25, 0.3) is 0 Å². The third kappa shape index (κ3) is 4.82. The maximum Gasteiger partial charge on any atom is 0.234 e. The van der Waals surface area contributed by atoms with Gasteiger partial charge in [-0.05, 0) is 11.5 Å². The average Bonchev–Trinajstić information content (AvgIpc) is 2.99. The van der Waals surface area contributed by atoms with Gasteiger partial charge in [0, 0.05) is 12.8 Å². The lowest BCUT2D eigenvalue weighted by Crippen LogP contribution is -2.40. The number of benzene rings is 1. The van der Waals surface area contributed by atoms with Crippen molar-refractivity contribution in [3.63, 3.8) is 0 Å². The zero-order valence-electron chi connectivity index (χ0n) is 14.2. The Kier molecular flexibility index (Phi) is 6.81. The third-order valence-electron chi connectivity index (χ3n) is 3.69. The predicted molar refractivity (Wildman–Crippen MR) is 95.3 cm³/mol. The maximum atomic E-state index is 12.7. The van der Waals surface area contributed by atoms with Gasteiger partial charge in [-0.1, -0.05) is 44.2 Å². The molecule has 1 aromatic heterocycles. The van der Waals surface area contributed by atoms with Gasteiger partial charge in [0.2, 0.25) is 5.91 Å². The summed E-state index contributed by atoms with van der Waals surface area (Å²) in [5.74, 6) is 1.40. The molecule has 2 rings (SSSR count). The van der Waals surface area contributed by atoms with Crippen molar-refractivity contribution in [3.05, 3.63) is 48.0 Å². The molecule has 1 aromatic carbocycles. The number of hydrogen-bond donors (Lipinski definition) is 2. The fraction of sp³-hybridized carbons (Fsp3) is 0.471. The number of carbonyl (C=O) groups is 1. The molecule has 2 aromatic rings. The van der Waals surface area contributed by atoms with Gasteiger partial charge < -0.3 is 15.0 Å². The smallest absolute Gasteiger partial charge is 0.234 e. The van der Waals surface area contributed by atoms with E-state index in [4.69, 9.17) is 0 Å². The molecule has 1 heterocycles. The number of nitrogens with zero attached hydrogens (tertiary/aromatic N) is 3. The third-order valence-corrected chi connectivity index (χ3v) is 5.31. The Balaban J connectivity index is 2.01. The van der Waals surface area contributed by atoms with Crippen molar-refractivity contribution in [2.45, 2.75) is 30.9 Å². The zero-order chi connectivity index (χ0) is 17.5. The van der Waals surface area contributed by atoms with E-state index in [1.54, 1.807) is 29.7 Å². The first-order valence-electron chi connectivity index (χ1n) is 7.93. The van der Waals surface area contributed by atoms with Gasteiger partial charge in [-0.3, -0.25) is 4.79 Å². The standard InChI is InChI=1S/C17H24N4O2S/c1-12(2)15(24-10-13-7-5-4-6-8-13)17(23)19-14(9-22)16-20-18-11-21(16)3/h4-8,11-12,14-15,22H,9-10H2,1-3H3,(H,19,23). The number of aliphatic hydroxyl groups excluding tert-OH is 1. The number of amides is 1. The molecule has 1 amide bonds. The minimum Gasteiger partial charge on any atom is -0.394 e. The number of nitrogens with one attached hydrogen (secondary N) is 1. The molecule has 0 saturated carbocycles. The summed E-state index contributed by atoms with van der Waals surface area (Å²) in [5, 5.41) is 20.1. The molecule has 24 heavy (non-hydrogen) atoms. The van der Waals surface area contributed by atoms with E-state index in [-0.39, 0.29) is 23.7 Å². The highest BCUT2D eigenvalue weighted by Gasteiger charge is 2.26. The highest BCUT2D eigenvalue weighted by Crippen LogP contribution is 2.25. The number of aromatic nitrogens is 3. The van der Waals surface area contributed by atoms with Crippen LogP contribution >= 0.6 is 11.8 Å². The Morgan fingerprint density at radius 3 is 2.58 bits per heavy atom. The molecule has 0 aliphatic heterocycles. The summed E-state index contributed by atoms with van der Waals surface area (Å²) in [6.07, 6.45) is 1.55. The molecule has 0 bridgehead atoms. The van der Waals surface area contributed by atoms with E-state index >= 15 is 0 Å². The minimum atomic E-state index is -0.552. The van der Waals surface area contributed by atoms with E-state index in [1.165, 1.54) is 5.56 Å². The molecule has 2 unspecified atom stereocenters. The second-order valence-electron chi connectivity index (χ2n) is 6.01. The van der Waals surface area contributed by atoms with E-state index in [1.807, 2.05) is 32.0 Å². The van der Waals surface area contributed by atoms with Crippen LogP contribution in [0.25, 0.3) is 0 Å². The Bertz CT molecular complexity index is 645. The second kappa shape index (κ2) is 8.84. The van der Waals surface area contributed by atoms with Gasteiger partial charge >= 0.3 is 0 Å². The molecular formula is C17H24N4O2S. The van der Waals surface area contributed by atoms with Crippen molar-refractivity contribution in [1.82, 2.24) is 20.1 Å². The SMILES string of the molecule is CC(C)C(SCc1ccccc1)C(=O)NC(CO)c1nncn1C. The maximum absolute atomic E-state index is 12.7. The van der Waals surface area contributed by atoms with Crippen molar-refractivity contribution in [3.8, 4) is 0 Å². The number of rotatable bonds is 8. The van der Waals surface area contributed by atoms with Crippen molar-refractivity contribution in [1.29, 1.82) is 0 Å². The molecule has 7 heteroatoms. The molecule has 0 aliphatic rings. The van der Waals surface area contributed by atoms with Crippen LogP contribution in [0, 0.1) is 5.92 Å². The normalized spacial score (nSPS) is 13.7. The van der Waals surface area contributed by atoms with Crippen LogP contribution in [0.2, 0.25) is 0 Å². The first-order chi connectivity index (χ1) is 11.5. The highest BCUT2D eigenvalue weighted by atomic mass is 32.2. The van der Waals surface area contributed by atoms with Crippen molar-refractivity contribution < 1.29 is 9.90 Å². The first-order valence-corrected chi connectivity index (χ1v) is 8.98. The van der Waals surface area contributed by atoms with Crippen LogP contribution in [0.1, 0.15) is 31.3 Å². The quantitative estimate of drug-likeness (QED) is 0.762. The number of carbonyl (C=O) groups excluding carboxylic acids is 1. The number of hydrogen-bond acceptors (Lipinski definition) is 5. The molecule has 6 nitrogen and oxygen atoms in total. The lowest BCUT2D eigenvalue weighted by Gasteiger charge is -2.23. The Hall–Kier alpha value is -1.86. The van der Waals surface area contributed by atoms with E-state index in [9.17, 15) is 9.90 Å². The fourth-order valence-corrected chi connectivity index (χ4v) is 3.55. The monoisotopic (exact) mass is 348 g/mol. The number of aryl methyl sites for hydroxylation is 1. The first kappa shape index (κ1) is 18.5. The molecular weight excluding hydrogens is 324 g/mol. The van der Waals surface area contributed by atoms with Crippen LogP contribution in [0.15, 0.2) is 36.7 Å². The lowest BCUT2D eigenvalue weighted by molar-refractivity contribution is -0.122. The summed E-state index contributed by atoms with van der Waals surface area (Å²) in [4.78, 5) is 12.7. The summed E-state index contributed by atoms with van der Waals surface area (Å²) >= 11 is 1.61. The Morgan fingerprint density at radius 2 is 2.04 bits per heavy atom. The Morgan fingerprint density at radius 1 is 1.33 bits per heavy atom.